The Labute approximate surface area is 114 Å². The van der Waals surface area contributed by atoms with E-state index in [-0.39, 0.29) is 17.7 Å². The number of esters is 1. The van der Waals surface area contributed by atoms with E-state index in [4.69, 9.17) is 4.74 Å². The summed E-state index contributed by atoms with van der Waals surface area (Å²) in [5.74, 6) is 0.959. The van der Waals surface area contributed by atoms with Crippen molar-refractivity contribution in [2.24, 2.45) is 17.8 Å². The van der Waals surface area contributed by atoms with Gasteiger partial charge in [-0.2, -0.15) is 0 Å². The molecule has 3 nitrogen and oxygen atoms in total. The molecule has 2 aliphatic rings. The lowest BCUT2D eigenvalue weighted by molar-refractivity contribution is -0.136. The molecule has 0 bridgehead atoms. The van der Waals surface area contributed by atoms with Gasteiger partial charge in [0.05, 0.1) is 7.11 Å². The molecule has 104 valence electrons. The number of allylic oxidation sites excluding steroid dienone is 2. The predicted molar refractivity (Wildman–Crippen MR) is 73.5 cm³/mol. The monoisotopic (exact) mass is 262 g/mol. The van der Waals surface area contributed by atoms with E-state index >= 15 is 0 Å². The van der Waals surface area contributed by atoms with Crippen LogP contribution in [0.1, 0.15) is 39.5 Å². The van der Waals surface area contributed by atoms with Gasteiger partial charge in [0.1, 0.15) is 0 Å². The van der Waals surface area contributed by atoms with Crippen molar-refractivity contribution >= 4 is 11.8 Å². The van der Waals surface area contributed by atoms with E-state index in [2.05, 4.69) is 13.5 Å². The van der Waals surface area contributed by atoms with E-state index in [9.17, 15) is 9.59 Å². The molecule has 2 unspecified atom stereocenters. The number of Topliss-reactive ketones (excluding diaryl/α,β-unsaturated/α-hetero) is 1. The van der Waals surface area contributed by atoms with Gasteiger partial charge in [0.15, 0.2) is 5.78 Å². The SMILES string of the molecule is C=C(C(=O)OC)[C@H]1CCC(C)C2CC(=O)C(C)=C2C1. The number of fused-ring (bicyclic) bond motifs is 1. The van der Waals surface area contributed by atoms with Gasteiger partial charge in [-0.3, -0.25) is 4.79 Å². The van der Waals surface area contributed by atoms with Gasteiger partial charge in [0.2, 0.25) is 0 Å². The van der Waals surface area contributed by atoms with E-state index in [1.165, 1.54) is 12.7 Å². The predicted octanol–water partition coefficient (Wildman–Crippen LogP) is 3.06. The van der Waals surface area contributed by atoms with Crippen molar-refractivity contribution in [2.45, 2.75) is 39.5 Å². The number of hydrogen-bond acceptors (Lipinski definition) is 3. The lowest BCUT2D eigenvalue weighted by Crippen LogP contribution is -2.14. The zero-order valence-electron chi connectivity index (χ0n) is 12.0. The molecule has 1 saturated carbocycles. The number of methoxy groups -OCH3 is 1. The molecule has 0 aliphatic heterocycles. The van der Waals surface area contributed by atoms with Crippen LogP contribution < -0.4 is 0 Å². The molecule has 0 aromatic heterocycles. The Morgan fingerprint density at radius 2 is 2.00 bits per heavy atom. The van der Waals surface area contributed by atoms with Crippen molar-refractivity contribution < 1.29 is 14.3 Å². The first-order valence-electron chi connectivity index (χ1n) is 6.95. The quantitative estimate of drug-likeness (QED) is 0.567. The van der Waals surface area contributed by atoms with E-state index < -0.39 is 0 Å². The number of ether oxygens (including phenoxy) is 1. The summed E-state index contributed by atoms with van der Waals surface area (Å²) < 4.78 is 4.77. The molecular weight excluding hydrogens is 240 g/mol. The van der Waals surface area contributed by atoms with E-state index in [0.717, 1.165) is 24.8 Å². The van der Waals surface area contributed by atoms with Crippen LogP contribution in [0.25, 0.3) is 0 Å². The van der Waals surface area contributed by atoms with Gasteiger partial charge in [-0.15, -0.1) is 0 Å². The number of hydrogen-bond donors (Lipinski definition) is 0. The number of rotatable bonds is 2. The normalized spacial score (nSPS) is 30.9. The Balaban J connectivity index is 2.25. The molecule has 0 saturated heterocycles. The third-order valence-electron chi connectivity index (χ3n) is 4.82. The summed E-state index contributed by atoms with van der Waals surface area (Å²) in [6, 6.07) is 0. The Morgan fingerprint density at radius 3 is 2.63 bits per heavy atom. The molecule has 2 aliphatic carbocycles. The van der Waals surface area contributed by atoms with Crippen molar-refractivity contribution in [1.29, 1.82) is 0 Å². The second-order valence-electron chi connectivity index (χ2n) is 5.86. The van der Waals surface area contributed by atoms with Crippen LogP contribution in [0.3, 0.4) is 0 Å². The first-order chi connectivity index (χ1) is 8.95. The van der Waals surface area contributed by atoms with Crippen LogP contribution in [-0.2, 0) is 14.3 Å². The maximum absolute atomic E-state index is 11.9. The highest BCUT2D eigenvalue weighted by Crippen LogP contribution is 2.45. The molecular formula is C16H22O3. The molecule has 0 aromatic rings. The summed E-state index contributed by atoms with van der Waals surface area (Å²) in [7, 11) is 1.39. The molecule has 2 rings (SSSR count). The summed E-state index contributed by atoms with van der Waals surface area (Å²) in [6.45, 7) is 8.02. The lowest BCUT2D eigenvalue weighted by atomic mass is 9.86. The lowest BCUT2D eigenvalue weighted by Gasteiger charge is -2.18. The second-order valence-corrected chi connectivity index (χ2v) is 5.86. The zero-order chi connectivity index (χ0) is 14.2. The fourth-order valence-corrected chi connectivity index (χ4v) is 3.41. The number of ketones is 1. The fraction of sp³-hybridized carbons (Fsp3) is 0.625. The Kier molecular flexibility index (Phi) is 3.93. The minimum atomic E-state index is -0.321. The van der Waals surface area contributed by atoms with E-state index in [1.54, 1.807) is 0 Å². The molecule has 0 N–H and O–H groups in total. The van der Waals surface area contributed by atoms with Gasteiger partial charge in [-0.05, 0) is 49.5 Å². The Morgan fingerprint density at radius 1 is 1.32 bits per heavy atom. The van der Waals surface area contributed by atoms with Crippen molar-refractivity contribution in [1.82, 2.24) is 0 Å². The minimum absolute atomic E-state index is 0.121. The van der Waals surface area contributed by atoms with Gasteiger partial charge in [-0.25, -0.2) is 4.79 Å². The van der Waals surface area contributed by atoms with E-state index in [0.29, 0.717) is 23.8 Å². The largest absolute Gasteiger partial charge is 0.466 e. The second kappa shape index (κ2) is 5.32. The van der Waals surface area contributed by atoms with Gasteiger partial charge >= 0.3 is 5.97 Å². The highest BCUT2D eigenvalue weighted by atomic mass is 16.5. The summed E-state index contributed by atoms with van der Waals surface area (Å²) in [5, 5.41) is 0. The fourth-order valence-electron chi connectivity index (χ4n) is 3.41. The average Bonchev–Trinajstić information content (AvgIpc) is 2.59. The molecule has 19 heavy (non-hydrogen) atoms. The summed E-state index contributed by atoms with van der Waals surface area (Å²) in [6.07, 6.45) is 3.44. The molecule has 1 fully saturated rings. The maximum Gasteiger partial charge on any atom is 0.333 e. The van der Waals surface area contributed by atoms with Crippen molar-refractivity contribution in [3.63, 3.8) is 0 Å². The first-order valence-corrected chi connectivity index (χ1v) is 6.95. The van der Waals surface area contributed by atoms with Gasteiger partial charge in [0.25, 0.3) is 0 Å². The van der Waals surface area contributed by atoms with Crippen LogP contribution in [0.4, 0.5) is 0 Å². The summed E-state index contributed by atoms with van der Waals surface area (Å²) in [5.41, 5.74) is 2.72. The smallest absolute Gasteiger partial charge is 0.333 e. The van der Waals surface area contributed by atoms with E-state index in [1.807, 2.05) is 6.92 Å². The third kappa shape index (κ3) is 2.51. The van der Waals surface area contributed by atoms with Crippen LogP contribution >= 0.6 is 0 Å². The highest BCUT2D eigenvalue weighted by Gasteiger charge is 2.38. The van der Waals surface area contributed by atoms with Crippen LogP contribution in [0.2, 0.25) is 0 Å². The van der Waals surface area contributed by atoms with Crippen LogP contribution in [0, 0.1) is 17.8 Å². The number of carbonyl (C=O) groups excluding carboxylic acids is 2. The average molecular weight is 262 g/mol. The van der Waals surface area contributed by atoms with Gasteiger partial charge in [-0.1, -0.05) is 19.1 Å². The van der Waals surface area contributed by atoms with Crippen molar-refractivity contribution in [3.05, 3.63) is 23.3 Å². The molecule has 0 aromatic carbocycles. The molecule has 0 heterocycles. The minimum Gasteiger partial charge on any atom is -0.466 e. The van der Waals surface area contributed by atoms with Crippen molar-refractivity contribution in [2.75, 3.05) is 7.11 Å². The first kappa shape index (κ1) is 14.0. The van der Waals surface area contributed by atoms with Gasteiger partial charge in [0, 0.05) is 12.0 Å². The van der Waals surface area contributed by atoms with Crippen LogP contribution in [0.5, 0.6) is 0 Å². The number of carbonyl (C=O) groups is 2. The third-order valence-corrected chi connectivity index (χ3v) is 4.82. The van der Waals surface area contributed by atoms with Crippen LogP contribution in [0.15, 0.2) is 23.3 Å². The van der Waals surface area contributed by atoms with Gasteiger partial charge < -0.3 is 4.74 Å². The maximum atomic E-state index is 11.9. The molecule has 0 amide bonds. The molecule has 3 atom stereocenters. The van der Waals surface area contributed by atoms with Crippen molar-refractivity contribution in [3.8, 4) is 0 Å². The molecule has 3 heteroatoms. The van der Waals surface area contributed by atoms with Crippen LogP contribution in [-0.4, -0.2) is 18.9 Å². The molecule has 0 radical (unpaired) electrons. The topological polar surface area (TPSA) is 43.4 Å². The highest BCUT2D eigenvalue weighted by molar-refractivity contribution is 5.98. The zero-order valence-corrected chi connectivity index (χ0v) is 12.0. The Hall–Kier alpha value is -1.38. The summed E-state index contributed by atoms with van der Waals surface area (Å²) >= 11 is 0. The standard InChI is InChI=1S/C16H22O3/c1-9-5-6-12(10(2)16(18)19-4)7-14-11(3)15(17)8-13(9)14/h9,12-13H,2,5-8H2,1,3-4H3/t9?,12-,13?/m0/s1. The summed E-state index contributed by atoms with van der Waals surface area (Å²) in [4.78, 5) is 23.5. The Bertz CT molecular complexity index is 459. The molecule has 0 spiro atoms.